The van der Waals surface area contributed by atoms with Gasteiger partial charge in [-0.05, 0) is 29.0 Å². The zero-order valence-electron chi connectivity index (χ0n) is 13.7. The normalized spacial score (nSPS) is 15.3. The minimum absolute atomic E-state index is 0.245. The lowest BCUT2D eigenvalue weighted by Gasteiger charge is -2.37. The number of nitriles is 1. The van der Waals surface area contributed by atoms with E-state index in [1.54, 1.807) is 24.3 Å². The SMILES string of the molecule is N#Cc1ccc(OC2CN(S(=O)(=O)c3ccc4ccccc4c3)C2)nc1. The van der Waals surface area contributed by atoms with Crippen LogP contribution in [0.25, 0.3) is 10.8 Å². The number of hydrogen-bond acceptors (Lipinski definition) is 5. The van der Waals surface area contributed by atoms with Crippen LogP contribution in [0.5, 0.6) is 5.88 Å². The Morgan fingerprint density at radius 3 is 2.54 bits per heavy atom. The molecule has 1 aliphatic rings. The molecule has 7 heteroatoms. The standard InChI is InChI=1S/C19H15N3O3S/c20-10-14-5-8-19(21-11-14)25-17-12-22(13-17)26(23,24)18-7-6-15-3-1-2-4-16(15)9-18/h1-9,11,17H,12-13H2. The number of sulfonamides is 1. The number of pyridine rings is 1. The highest BCUT2D eigenvalue weighted by Gasteiger charge is 2.38. The van der Waals surface area contributed by atoms with E-state index in [9.17, 15) is 8.42 Å². The van der Waals surface area contributed by atoms with E-state index in [2.05, 4.69) is 4.98 Å². The average molecular weight is 365 g/mol. The molecule has 6 nitrogen and oxygen atoms in total. The van der Waals surface area contributed by atoms with Gasteiger partial charge in [0.05, 0.1) is 23.5 Å². The maximum atomic E-state index is 12.8. The fourth-order valence-electron chi connectivity index (χ4n) is 2.84. The first-order valence-corrected chi connectivity index (χ1v) is 9.52. The van der Waals surface area contributed by atoms with Crippen LogP contribution < -0.4 is 4.74 Å². The second-order valence-corrected chi connectivity index (χ2v) is 8.01. The van der Waals surface area contributed by atoms with Crippen LogP contribution >= 0.6 is 0 Å². The third-order valence-electron chi connectivity index (χ3n) is 4.33. The summed E-state index contributed by atoms with van der Waals surface area (Å²) in [5.74, 6) is 0.386. The van der Waals surface area contributed by atoms with Crippen molar-refractivity contribution < 1.29 is 13.2 Å². The van der Waals surface area contributed by atoms with Gasteiger partial charge in [-0.2, -0.15) is 9.57 Å². The summed E-state index contributed by atoms with van der Waals surface area (Å²) in [6, 6.07) is 18.0. The third kappa shape index (κ3) is 3.01. The molecule has 1 saturated heterocycles. The highest BCUT2D eigenvalue weighted by atomic mass is 32.2. The maximum Gasteiger partial charge on any atom is 0.243 e. The zero-order valence-corrected chi connectivity index (χ0v) is 14.6. The molecule has 0 saturated carbocycles. The fraction of sp³-hybridized carbons (Fsp3) is 0.158. The summed E-state index contributed by atoms with van der Waals surface area (Å²) in [6.07, 6.45) is 1.18. The molecule has 0 atom stereocenters. The number of nitrogens with zero attached hydrogens (tertiary/aromatic N) is 3. The second kappa shape index (κ2) is 6.41. The molecule has 0 amide bonds. The molecule has 1 aromatic heterocycles. The monoisotopic (exact) mass is 365 g/mol. The number of benzene rings is 2. The predicted molar refractivity (Wildman–Crippen MR) is 96.1 cm³/mol. The molecule has 0 aliphatic carbocycles. The molecule has 2 heterocycles. The Kier molecular flexibility index (Phi) is 4.07. The Morgan fingerprint density at radius 1 is 1.08 bits per heavy atom. The zero-order chi connectivity index (χ0) is 18.1. The molecule has 0 radical (unpaired) electrons. The Labute approximate surface area is 151 Å². The largest absolute Gasteiger partial charge is 0.472 e. The molecule has 130 valence electrons. The quantitative estimate of drug-likeness (QED) is 0.709. The van der Waals surface area contributed by atoms with E-state index in [1.165, 1.54) is 10.5 Å². The van der Waals surface area contributed by atoms with Gasteiger partial charge < -0.3 is 4.74 Å². The van der Waals surface area contributed by atoms with Crippen molar-refractivity contribution in [3.05, 3.63) is 66.4 Å². The summed E-state index contributed by atoms with van der Waals surface area (Å²) in [5.41, 5.74) is 0.450. The first kappa shape index (κ1) is 16.5. The van der Waals surface area contributed by atoms with Crippen molar-refractivity contribution in [3.8, 4) is 11.9 Å². The van der Waals surface area contributed by atoms with E-state index in [4.69, 9.17) is 10.00 Å². The van der Waals surface area contributed by atoms with E-state index in [0.29, 0.717) is 11.4 Å². The van der Waals surface area contributed by atoms with Gasteiger partial charge in [-0.3, -0.25) is 0 Å². The Bertz CT molecular complexity index is 1100. The number of ether oxygens (including phenoxy) is 1. The molecular weight excluding hydrogens is 350 g/mol. The first-order chi connectivity index (χ1) is 12.6. The molecule has 0 spiro atoms. The number of aromatic nitrogens is 1. The van der Waals surface area contributed by atoms with Crippen LogP contribution in [0.3, 0.4) is 0 Å². The molecule has 2 aromatic carbocycles. The van der Waals surface area contributed by atoms with Crippen LogP contribution in [0.4, 0.5) is 0 Å². The van der Waals surface area contributed by atoms with E-state index in [0.717, 1.165) is 10.8 Å². The Hall–Kier alpha value is -2.95. The number of hydrogen-bond donors (Lipinski definition) is 0. The Morgan fingerprint density at radius 2 is 1.85 bits per heavy atom. The van der Waals surface area contributed by atoms with Gasteiger partial charge in [0.15, 0.2) is 0 Å². The predicted octanol–water partition coefficient (Wildman–Crippen LogP) is 2.56. The van der Waals surface area contributed by atoms with Crippen molar-refractivity contribution in [2.45, 2.75) is 11.0 Å². The van der Waals surface area contributed by atoms with Crippen LogP contribution in [-0.4, -0.2) is 36.9 Å². The molecule has 4 rings (SSSR count). The second-order valence-electron chi connectivity index (χ2n) is 6.07. The molecule has 3 aromatic rings. The smallest absolute Gasteiger partial charge is 0.243 e. The number of fused-ring (bicyclic) bond motifs is 1. The molecule has 1 aliphatic heterocycles. The summed E-state index contributed by atoms with van der Waals surface area (Å²) in [6.45, 7) is 0.549. The van der Waals surface area contributed by atoms with E-state index >= 15 is 0 Å². The lowest BCUT2D eigenvalue weighted by atomic mass is 10.1. The lowest BCUT2D eigenvalue weighted by molar-refractivity contribution is 0.0721. The van der Waals surface area contributed by atoms with Crippen LogP contribution in [0.1, 0.15) is 5.56 Å². The van der Waals surface area contributed by atoms with Crippen LogP contribution in [0, 0.1) is 11.3 Å². The summed E-state index contributed by atoms with van der Waals surface area (Å²) in [5, 5.41) is 10.7. The van der Waals surface area contributed by atoms with Gasteiger partial charge in [0.1, 0.15) is 12.2 Å². The average Bonchev–Trinajstić information content (AvgIpc) is 2.64. The van der Waals surface area contributed by atoms with Crippen molar-refractivity contribution in [2.75, 3.05) is 13.1 Å². The molecule has 1 fully saturated rings. The third-order valence-corrected chi connectivity index (χ3v) is 6.15. The summed E-state index contributed by atoms with van der Waals surface area (Å²) >= 11 is 0. The topological polar surface area (TPSA) is 83.3 Å². The summed E-state index contributed by atoms with van der Waals surface area (Å²) < 4.78 is 32.6. The maximum absolute atomic E-state index is 12.8. The highest BCUT2D eigenvalue weighted by molar-refractivity contribution is 7.89. The minimum Gasteiger partial charge on any atom is -0.472 e. The summed E-state index contributed by atoms with van der Waals surface area (Å²) in [7, 11) is -3.54. The van der Waals surface area contributed by atoms with E-state index in [-0.39, 0.29) is 24.1 Å². The minimum atomic E-state index is -3.54. The van der Waals surface area contributed by atoms with Gasteiger partial charge in [-0.25, -0.2) is 13.4 Å². The van der Waals surface area contributed by atoms with Crippen LogP contribution in [0.15, 0.2) is 65.7 Å². The van der Waals surface area contributed by atoms with Gasteiger partial charge in [0.25, 0.3) is 0 Å². The number of rotatable bonds is 4. The summed E-state index contributed by atoms with van der Waals surface area (Å²) in [4.78, 5) is 4.32. The van der Waals surface area contributed by atoms with Crippen molar-refractivity contribution in [3.63, 3.8) is 0 Å². The van der Waals surface area contributed by atoms with Gasteiger partial charge in [0.2, 0.25) is 15.9 Å². The molecule has 0 bridgehead atoms. The van der Waals surface area contributed by atoms with Crippen molar-refractivity contribution in [1.82, 2.24) is 9.29 Å². The van der Waals surface area contributed by atoms with E-state index in [1.807, 2.05) is 36.4 Å². The van der Waals surface area contributed by atoms with Crippen LogP contribution in [-0.2, 0) is 10.0 Å². The van der Waals surface area contributed by atoms with Gasteiger partial charge >= 0.3 is 0 Å². The fourth-order valence-corrected chi connectivity index (χ4v) is 4.37. The first-order valence-electron chi connectivity index (χ1n) is 8.08. The van der Waals surface area contributed by atoms with Crippen molar-refractivity contribution in [1.29, 1.82) is 5.26 Å². The molecule has 26 heavy (non-hydrogen) atoms. The van der Waals surface area contributed by atoms with Gasteiger partial charge in [-0.15, -0.1) is 0 Å². The molecule has 0 unspecified atom stereocenters. The Balaban J connectivity index is 1.45. The molecule has 0 N–H and O–H groups in total. The van der Waals surface area contributed by atoms with Gasteiger partial charge in [0, 0.05) is 12.3 Å². The highest BCUT2D eigenvalue weighted by Crippen LogP contribution is 2.26. The van der Waals surface area contributed by atoms with Gasteiger partial charge in [-0.1, -0.05) is 30.3 Å². The van der Waals surface area contributed by atoms with Crippen molar-refractivity contribution in [2.24, 2.45) is 0 Å². The lowest BCUT2D eigenvalue weighted by Crippen LogP contribution is -2.56. The van der Waals surface area contributed by atoms with Crippen molar-refractivity contribution >= 4 is 20.8 Å². The molecular formula is C19H15N3O3S. The van der Waals surface area contributed by atoms with E-state index < -0.39 is 10.0 Å². The van der Waals surface area contributed by atoms with Crippen LogP contribution in [0.2, 0.25) is 0 Å².